The molecule has 0 amide bonds. The van der Waals surface area contributed by atoms with Gasteiger partial charge in [-0.1, -0.05) is 20.8 Å². The Hall–Kier alpha value is -1.49. The van der Waals surface area contributed by atoms with E-state index in [1.165, 1.54) is 0 Å². The highest BCUT2D eigenvalue weighted by molar-refractivity contribution is 5.43. The lowest BCUT2D eigenvalue weighted by Gasteiger charge is -2.25. The van der Waals surface area contributed by atoms with Gasteiger partial charge in [0.05, 0.1) is 11.8 Å². The second-order valence-electron chi connectivity index (χ2n) is 5.40. The first-order valence-electron chi connectivity index (χ1n) is 5.73. The Morgan fingerprint density at radius 2 is 2.06 bits per heavy atom. The Morgan fingerprint density at radius 3 is 2.71 bits per heavy atom. The summed E-state index contributed by atoms with van der Waals surface area (Å²) in [6.07, 6.45) is 3.59. The van der Waals surface area contributed by atoms with Gasteiger partial charge in [-0.05, 0) is 12.3 Å². The van der Waals surface area contributed by atoms with Crippen molar-refractivity contribution >= 4 is 5.65 Å². The molecular weight excluding hydrogens is 216 g/mol. The highest BCUT2D eigenvalue weighted by Gasteiger charge is 2.24. The Balaban J connectivity index is 2.37. The normalized spacial score (nSPS) is 14.2. The summed E-state index contributed by atoms with van der Waals surface area (Å²) in [5.41, 5.74) is 1.35. The van der Waals surface area contributed by atoms with Crippen molar-refractivity contribution in [1.82, 2.24) is 19.6 Å². The number of aryl methyl sites for hydroxylation is 1. The van der Waals surface area contributed by atoms with E-state index in [-0.39, 0.29) is 5.41 Å². The van der Waals surface area contributed by atoms with Crippen LogP contribution < -0.4 is 0 Å². The minimum atomic E-state index is -0.446. The predicted octanol–water partition coefficient (Wildman–Crippen LogP) is 1.38. The minimum absolute atomic E-state index is 0.163. The SMILES string of the molecule is Cc1nnc2c(CC(O)C(C)(C)C)nccn12. The van der Waals surface area contributed by atoms with Crippen LogP contribution in [0.2, 0.25) is 0 Å². The molecule has 0 spiro atoms. The van der Waals surface area contributed by atoms with Crippen LogP contribution in [0.5, 0.6) is 0 Å². The van der Waals surface area contributed by atoms with E-state index >= 15 is 0 Å². The number of hydrogen-bond acceptors (Lipinski definition) is 4. The fourth-order valence-electron chi connectivity index (χ4n) is 1.63. The number of hydrogen-bond donors (Lipinski definition) is 1. The number of nitrogens with zero attached hydrogens (tertiary/aromatic N) is 4. The summed E-state index contributed by atoms with van der Waals surface area (Å²) >= 11 is 0. The third-order valence-electron chi connectivity index (χ3n) is 2.96. The van der Waals surface area contributed by atoms with E-state index in [0.29, 0.717) is 6.42 Å². The van der Waals surface area contributed by atoms with E-state index in [0.717, 1.165) is 17.2 Å². The smallest absolute Gasteiger partial charge is 0.182 e. The first-order valence-corrected chi connectivity index (χ1v) is 5.73. The molecule has 2 aromatic heterocycles. The zero-order chi connectivity index (χ0) is 12.6. The molecule has 0 bridgehead atoms. The Labute approximate surface area is 101 Å². The van der Waals surface area contributed by atoms with Crippen molar-refractivity contribution in [2.45, 2.75) is 40.2 Å². The number of aromatic nitrogens is 4. The molecule has 0 saturated carbocycles. The maximum absolute atomic E-state index is 10.1. The molecule has 1 unspecified atom stereocenters. The highest BCUT2D eigenvalue weighted by atomic mass is 16.3. The maximum atomic E-state index is 10.1. The van der Waals surface area contributed by atoms with E-state index < -0.39 is 6.10 Å². The van der Waals surface area contributed by atoms with Crippen LogP contribution in [-0.2, 0) is 6.42 Å². The van der Waals surface area contributed by atoms with Gasteiger partial charge in [0.1, 0.15) is 5.82 Å². The van der Waals surface area contributed by atoms with Crippen molar-refractivity contribution in [2.24, 2.45) is 5.41 Å². The number of rotatable bonds is 2. The van der Waals surface area contributed by atoms with Gasteiger partial charge in [0, 0.05) is 18.8 Å². The molecule has 2 aromatic rings. The summed E-state index contributed by atoms with van der Waals surface area (Å²) in [6.45, 7) is 7.91. The molecule has 0 aromatic carbocycles. The standard InChI is InChI=1S/C12H18N4O/c1-8-14-15-11-9(13-5-6-16(8)11)7-10(17)12(2,3)4/h5-6,10,17H,7H2,1-4H3. The van der Waals surface area contributed by atoms with Crippen molar-refractivity contribution in [2.75, 3.05) is 0 Å². The highest BCUT2D eigenvalue weighted by Crippen LogP contribution is 2.22. The van der Waals surface area contributed by atoms with Crippen LogP contribution in [0.15, 0.2) is 12.4 Å². The van der Waals surface area contributed by atoms with Gasteiger partial charge >= 0.3 is 0 Å². The van der Waals surface area contributed by atoms with Crippen LogP contribution in [0, 0.1) is 12.3 Å². The Morgan fingerprint density at radius 1 is 1.35 bits per heavy atom. The molecule has 5 heteroatoms. The molecule has 17 heavy (non-hydrogen) atoms. The van der Waals surface area contributed by atoms with Crippen molar-refractivity contribution < 1.29 is 5.11 Å². The summed E-state index contributed by atoms with van der Waals surface area (Å²) in [5, 5.41) is 18.2. The predicted molar refractivity (Wildman–Crippen MR) is 64.7 cm³/mol. The fourth-order valence-corrected chi connectivity index (χ4v) is 1.63. The Bertz CT molecular complexity index is 527. The molecule has 2 rings (SSSR count). The lowest BCUT2D eigenvalue weighted by molar-refractivity contribution is 0.0629. The molecule has 0 aliphatic rings. The third kappa shape index (κ3) is 2.29. The molecule has 0 aliphatic heterocycles. The van der Waals surface area contributed by atoms with Crippen molar-refractivity contribution in [3.8, 4) is 0 Å². The van der Waals surface area contributed by atoms with Crippen molar-refractivity contribution in [1.29, 1.82) is 0 Å². The average Bonchev–Trinajstić information content (AvgIpc) is 2.60. The van der Waals surface area contributed by atoms with Crippen molar-refractivity contribution in [3.05, 3.63) is 23.9 Å². The topological polar surface area (TPSA) is 63.3 Å². The lowest BCUT2D eigenvalue weighted by Crippen LogP contribution is -2.28. The van der Waals surface area contributed by atoms with Crippen LogP contribution in [0.4, 0.5) is 0 Å². The molecule has 0 radical (unpaired) electrons. The molecule has 1 atom stereocenters. The first-order chi connectivity index (χ1) is 7.89. The minimum Gasteiger partial charge on any atom is -0.392 e. The van der Waals surface area contributed by atoms with E-state index in [9.17, 15) is 5.11 Å². The van der Waals surface area contributed by atoms with Crippen LogP contribution in [0.3, 0.4) is 0 Å². The van der Waals surface area contributed by atoms with E-state index in [1.54, 1.807) is 6.20 Å². The van der Waals surface area contributed by atoms with Gasteiger partial charge in [-0.2, -0.15) is 0 Å². The van der Waals surface area contributed by atoms with Gasteiger partial charge in [0.2, 0.25) is 0 Å². The molecule has 1 N–H and O–H groups in total. The summed E-state index contributed by atoms with van der Waals surface area (Å²) in [6, 6.07) is 0. The number of aliphatic hydroxyl groups is 1. The quantitative estimate of drug-likeness (QED) is 0.852. The average molecular weight is 234 g/mol. The zero-order valence-electron chi connectivity index (χ0n) is 10.7. The third-order valence-corrected chi connectivity index (χ3v) is 2.96. The van der Waals surface area contributed by atoms with E-state index in [1.807, 2.05) is 38.3 Å². The molecule has 0 saturated heterocycles. The lowest BCUT2D eigenvalue weighted by atomic mass is 9.86. The van der Waals surface area contributed by atoms with Gasteiger partial charge in [-0.3, -0.25) is 9.38 Å². The van der Waals surface area contributed by atoms with Gasteiger partial charge < -0.3 is 5.11 Å². The van der Waals surface area contributed by atoms with Crippen LogP contribution in [0.1, 0.15) is 32.3 Å². The number of aliphatic hydroxyl groups excluding tert-OH is 1. The van der Waals surface area contributed by atoms with Crippen LogP contribution in [-0.4, -0.2) is 30.8 Å². The summed E-state index contributed by atoms with van der Waals surface area (Å²) in [5.74, 6) is 0.828. The van der Waals surface area contributed by atoms with E-state index in [4.69, 9.17) is 0 Å². The summed E-state index contributed by atoms with van der Waals surface area (Å²) < 4.78 is 1.89. The monoisotopic (exact) mass is 234 g/mol. The first kappa shape index (κ1) is 12.0. The second-order valence-corrected chi connectivity index (χ2v) is 5.40. The van der Waals surface area contributed by atoms with Gasteiger partial charge in [-0.15, -0.1) is 10.2 Å². The largest absolute Gasteiger partial charge is 0.392 e. The molecule has 0 aliphatic carbocycles. The van der Waals surface area contributed by atoms with Crippen molar-refractivity contribution in [3.63, 3.8) is 0 Å². The second kappa shape index (κ2) is 4.07. The fraction of sp³-hybridized carbons (Fsp3) is 0.583. The zero-order valence-corrected chi connectivity index (χ0v) is 10.7. The summed E-state index contributed by atoms with van der Waals surface area (Å²) in [7, 11) is 0. The summed E-state index contributed by atoms with van der Waals surface area (Å²) in [4.78, 5) is 4.29. The van der Waals surface area contributed by atoms with Gasteiger partial charge in [-0.25, -0.2) is 0 Å². The maximum Gasteiger partial charge on any atom is 0.182 e. The number of fused-ring (bicyclic) bond motifs is 1. The molecule has 92 valence electrons. The van der Waals surface area contributed by atoms with Gasteiger partial charge in [0.25, 0.3) is 0 Å². The van der Waals surface area contributed by atoms with Crippen LogP contribution in [0.25, 0.3) is 5.65 Å². The van der Waals surface area contributed by atoms with Gasteiger partial charge in [0.15, 0.2) is 5.65 Å². The molecular formula is C12H18N4O. The Kier molecular flexibility index (Phi) is 2.87. The molecule has 2 heterocycles. The molecule has 5 nitrogen and oxygen atoms in total. The van der Waals surface area contributed by atoms with Crippen LogP contribution >= 0.6 is 0 Å². The van der Waals surface area contributed by atoms with E-state index in [2.05, 4.69) is 15.2 Å². The molecule has 0 fully saturated rings.